The van der Waals surface area contributed by atoms with Crippen molar-refractivity contribution in [3.63, 3.8) is 0 Å². The number of ether oxygens (including phenoxy) is 1. The van der Waals surface area contributed by atoms with Crippen molar-refractivity contribution >= 4 is 27.4 Å². The van der Waals surface area contributed by atoms with Crippen LogP contribution in [-0.2, 0) is 20.6 Å². The average molecular weight is 421 g/mol. The number of aromatic nitrogens is 3. The first-order chi connectivity index (χ1) is 13.6. The van der Waals surface area contributed by atoms with E-state index in [0.717, 1.165) is 0 Å². The van der Waals surface area contributed by atoms with E-state index >= 15 is 0 Å². The van der Waals surface area contributed by atoms with Gasteiger partial charge in [-0.2, -0.15) is 12.4 Å². The molecule has 29 heavy (non-hydrogen) atoms. The molecule has 0 amide bonds. The molecule has 0 radical (unpaired) electrons. The second-order valence-electron chi connectivity index (χ2n) is 7.25. The third-order valence-corrected chi connectivity index (χ3v) is 5.75. The van der Waals surface area contributed by atoms with Gasteiger partial charge in [-0.25, -0.2) is 14.4 Å². The summed E-state index contributed by atoms with van der Waals surface area (Å²) in [6.45, 7) is 4.31. The van der Waals surface area contributed by atoms with Crippen LogP contribution in [0.2, 0.25) is 0 Å². The summed E-state index contributed by atoms with van der Waals surface area (Å²) in [6.07, 6.45) is -0.297. The Labute approximate surface area is 166 Å². The Morgan fingerprint density at radius 2 is 1.97 bits per heavy atom. The fourth-order valence-corrected chi connectivity index (χ4v) is 4.14. The Morgan fingerprint density at radius 1 is 1.28 bits per heavy atom. The fraction of sp³-hybridized carbons (Fsp3) is 0.333. The Balaban J connectivity index is 1.94. The first kappa shape index (κ1) is 19.7. The van der Waals surface area contributed by atoms with Gasteiger partial charge in [-0.15, -0.1) is 0 Å². The van der Waals surface area contributed by atoms with Crippen molar-refractivity contribution in [2.75, 3.05) is 12.3 Å². The number of hydrogen-bond acceptors (Lipinski definition) is 7. The van der Waals surface area contributed by atoms with Crippen molar-refractivity contribution in [3.05, 3.63) is 53.5 Å². The van der Waals surface area contributed by atoms with Crippen LogP contribution in [0.1, 0.15) is 25.1 Å². The summed E-state index contributed by atoms with van der Waals surface area (Å²) in [7, 11) is -4.71. The molecule has 1 aliphatic rings. The molecule has 1 aliphatic heterocycles. The van der Waals surface area contributed by atoms with Crippen molar-refractivity contribution in [2.45, 2.75) is 25.7 Å². The minimum absolute atomic E-state index is 0.124. The van der Waals surface area contributed by atoms with Gasteiger partial charge in [-0.1, -0.05) is 26.0 Å². The second kappa shape index (κ2) is 6.73. The summed E-state index contributed by atoms with van der Waals surface area (Å²) in [5.41, 5.74) is 5.65. The number of halogens is 1. The highest BCUT2D eigenvalue weighted by Gasteiger charge is 2.45. The van der Waals surface area contributed by atoms with Gasteiger partial charge < -0.3 is 10.5 Å². The van der Waals surface area contributed by atoms with E-state index in [2.05, 4.69) is 15.3 Å². The third kappa shape index (κ3) is 3.25. The minimum atomic E-state index is -4.71. The molecule has 0 aliphatic carbocycles. The zero-order valence-electron chi connectivity index (χ0n) is 15.7. The molecule has 4 N–H and O–H groups in total. The van der Waals surface area contributed by atoms with Gasteiger partial charge >= 0.3 is 10.3 Å². The Bertz CT molecular complexity index is 1180. The minimum Gasteiger partial charge on any atom is -0.368 e. The van der Waals surface area contributed by atoms with E-state index in [-0.39, 0.29) is 23.3 Å². The molecule has 4 rings (SSSR count). The van der Waals surface area contributed by atoms with Gasteiger partial charge in [0.2, 0.25) is 5.95 Å². The monoisotopic (exact) mass is 421 g/mol. The molecule has 1 saturated heterocycles. The van der Waals surface area contributed by atoms with Gasteiger partial charge in [-0.3, -0.25) is 9.87 Å². The van der Waals surface area contributed by atoms with Gasteiger partial charge in [0, 0.05) is 6.54 Å². The number of hydrogen-bond donors (Lipinski definition) is 3. The standard InChI is InChI=1S/C18H20FN5O4S/c1-10(2)16-21-9-18(28-16,11-3-5-12(19)6-4-11)14-8-7-13-15(23-14)24(17(20)22-13)29(25,26)27/h3-8,10,16,21H,9H2,1-2H3,(H2,20,22)(H,25,26,27). The maximum absolute atomic E-state index is 13.5. The van der Waals surface area contributed by atoms with E-state index in [4.69, 9.17) is 10.5 Å². The van der Waals surface area contributed by atoms with Crippen LogP contribution >= 0.6 is 0 Å². The highest BCUT2D eigenvalue weighted by atomic mass is 32.2. The van der Waals surface area contributed by atoms with Gasteiger partial charge in [0.25, 0.3) is 0 Å². The largest absolute Gasteiger partial charge is 0.368 e. The highest BCUT2D eigenvalue weighted by Crippen LogP contribution is 2.39. The number of nitrogens with two attached hydrogens (primary N) is 1. The summed E-state index contributed by atoms with van der Waals surface area (Å²) in [5.74, 6) is -0.663. The van der Waals surface area contributed by atoms with Crippen LogP contribution < -0.4 is 11.1 Å². The zero-order valence-corrected chi connectivity index (χ0v) is 16.5. The lowest BCUT2D eigenvalue weighted by atomic mass is 9.90. The topological polar surface area (TPSA) is 132 Å². The summed E-state index contributed by atoms with van der Waals surface area (Å²) in [5, 5.41) is 3.29. The molecule has 3 heterocycles. The fourth-order valence-electron chi connectivity index (χ4n) is 3.51. The molecule has 154 valence electrons. The number of fused-ring (bicyclic) bond motifs is 1. The molecule has 2 unspecified atom stereocenters. The zero-order chi connectivity index (χ0) is 21.0. The van der Waals surface area contributed by atoms with Crippen LogP contribution in [0.15, 0.2) is 36.4 Å². The smallest absolute Gasteiger partial charge is 0.368 e. The number of nitrogen functional groups attached to an aromatic ring is 1. The molecule has 1 fully saturated rings. The molecule has 0 spiro atoms. The van der Waals surface area contributed by atoms with Crippen LogP contribution in [0, 0.1) is 11.7 Å². The molecule has 11 heteroatoms. The molecule has 2 aromatic heterocycles. The van der Waals surface area contributed by atoms with E-state index in [0.29, 0.717) is 21.8 Å². The second-order valence-corrected chi connectivity index (χ2v) is 8.51. The molecule has 9 nitrogen and oxygen atoms in total. The lowest BCUT2D eigenvalue weighted by Crippen LogP contribution is -2.33. The number of nitrogens with zero attached hydrogens (tertiary/aromatic N) is 3. The predicted molar refractivity (Wildman–Crippen MR) is 104 cm³/mol. The lowest BCUT2D eigenvalue weighted by molar-refractivity contribution is -0.0385. The van der Waals surface area contributed by atoms with E-state index < -0.39 is 27.7 Å². The SMILES string of the molecule is CC(C)C1NCC(c2ccc(F)cc2)(c2ccc3nc(N)n(S(=O)(=O)O)c3n2)O1. The quantitative estimate of drug-likeness (QED) is 0.542. The Kier molecular flexibility index (Phi) is 4.57. The van der Waals surface area contributed by atoms with Crippen LogP contribution in [0.3, 0.4) is 0 Å². The van der Waals surface area contributed by atoms with Gasteiger partial charge in [0.05, 0.1) is 5.69 Å². The number of nitrogens with one attached hydrogen (secondary N) is 1. The van der Waals surface area contributed by atoms with Crippen LogP contribution in [0.5, 0.6) is 0 Å². The molecule has 0 bridgehead atoms. The number of benzene rings is 1. The first-order valence-corrected chi connectivity index (χ1v) is 10.3. The van der Waals surface area contributed by atoms with Crippen molar-refractivity contribution < 1.29 is 22.1 Å². The Morgan fingerprint density at radius 3 is 2.55 bits per heavy atom. The molecular weight excluding hydrogens is 401 g/mol. The van der Waals surface area contributed by atoms with E-state index in [1.54, 1.807) is 24.3 Å². The molecule has 3 aromatic rings. The number of imidazole rings is 1. The maximum Gasteiger partial charge on any atom is 0.368 e. The molecule has 2 atom stereocenters. The van der Waals surface area contributed by atoms with Crippen molar-refractivity contribution in [1.82, 2.24) is 19.3 Å². The normalized spacial score (nSPS) is 22.6. The first-order valence-electron chi connectivity index (χ1n) is 8.92. The van der Waals surface area contributed by atoms with Crippen LogP contribution in [-0.4, -0.2) is 39.7 Å². The maximum atomic E-state index is 13.5. The van der Waals surface area contributed by atoms with Gasteiger partial charge in [-0.05, 0) is 35.7 Å². The number of anilines is 1. The molecule has 0 saturated carbocycles. The third-order valence-electron chi connectivity index (χ3n) is 4.93. The van der Waals surface area contributed by atoms with E-state index in [9.17, 15) is 17.4 Å². The summed E-state index contributed by atoms with van der Waals surface area (Å²) < 4.78 is 53.4. The van der Waals surface area contributed by atoms with Gasteiger partial charge in [0.1, 0.15) is 23.2 Å². The highest BCUT2D eigenvalue weighted by molar-refractivity contribution is 7.84. The van der Waals surface area contributed by atoms with Gasteiger partial charge in [0.15, 0.2) is 5.65 Å². The number of pyridine rings is 1. The summed E-state index contributed by atoms with van der Waals surface area (Å²) in [6, 6.07) is 9.04. The average Bonchev–Trinajstić information content (AvgIpc) is 3.23. The molecular formula is C18H20FN5O4S. The van der Waals surface area contributed by atoms with Crippen LogP contribution in [0.4, 0.5) is 10.3 Å². The van der Waals surface area contributed by atoms with Crippen molar-refractivity contribution in [3.8, 4) is 0 Å². The van der Waals surface area contributed by atoms with E-state index in [1.165, 1.54) is 12.1 Å². The van der Waals surface area contributed by atoms with Crippen molar-refractivity contribution in [2.24, 2.45) is 5.92 Å². The Hall–Kier alpha value is -2.60. The van der Waals surface area contributed by atoms with E-state index in [1.807, 2.05) is 13.8 Å². The van der Waals surface area contributed by atoms with Crippen LogP contribution in [0.25, 0.3) is 11.2 Å². The summed E-state index contributed by atoms with van der Waals surface area (Å²) >= 11 is 0. The van der Waals surface area contributed by atoms with Crippen molar-refractivity contribution in [1.29, 1.82) is 0 Å². The summed E-state index contributed by atoms with van der Waals surface area (Å²) in [4.78, 5) is 8.36. The lowest BCUT2D eigenvalue weighted by Gasteiger charge is -2.29. The predicted octanol–water partition coefficient (Wildman–Crippen LogP) is 1.65. The molecule has 1 aromatic carbocycles. The number of rotatable bonds is 4.